The van der Waals surface area contributed by atoms with E-state index in [-0.39, 0.29) is 11.8 Å². The zero-order valence-electron chi connectivity index (χ0n) is 15.1. The van der Waals surface area contributed by atoms with Gasteiger partial charge in [0.15, 0.2) is 11.5 Å². The number of benzene rings is 2. The van der Waals surface area contributed by atoms with Crippen molar-refractivity contribution >= 4 is 5.91 Å². The van der Waals surface area contributed by atoms with Crippen LogP contribution in [0.15, 0.2) is 42.5 Å². The summed E-state index contributed by atoms with van der Waals surface area (Å²) in [5.41, 5.74) is 3.46. The lowest BCUT2D eigenvalue weighted by Crippen LogP contribution is -2.39. The van der Waals surface area contributed by atoms with Crippen LogP contribution in [0.3, 0.4) is 0 Å². The zero-order valence-corrected chi connectivity index (χ0v) is 15.1. The van der Waals surface area contributed by atoms with Crippen molar-refractivity contribution in [2.75, 3.05) is 20.8 Å². The molecule has 4 heteroatoms. The minimum absolute atomic E-state index is 0.0807. The van der Waals surface area contributed by atoms with Crippen LogP contribution in [0.25, 0.3) is 0 Å². The fourth-order valence-corrected chi connectivity index (χ4v) is 3.53. The second kappa shape index (κ2) is 7.60. The number of carbonyl (C=O) groups is 1. The number of nitrogens with zero attached hydrogens (tertiary/aromatic N) is 1. The van der Waals surface area contributed by atoms with E-state index in [1.807, 2.05) is 47.4 Å². The van der Waals surface area contributed by atoms with E-state index in [0.717, 1.165) is 36.3 Å². The van der Waals surface area contributed by atoms with Crippen molar-refractivity contribution in [2.45, 2.75) is 32.2 Å². The van der Waals surface area contributed by atoms with E-state index in [0.29, 0.717) is 12.3 Å². The van der Waals surface area contributed by atoms with Gasteiger partial charge in [-0.15, -0.1) is 0 Å². The van der Waals surface area contributed by atoms with Crippen LogP contribution in [0, 0.1) is 0 Å². The predicted octanol–water partition coefficient (Wildman–Crippen LogP) is 3.78. The molecule has 2 aromatic rings. The average molecular weight is 339 g/mol. The van der Waals surface area contributed by atoms with Gasteiger partial charge in [-0.1, -0.05) is 37.3 Å². The molecule has 0 aromatic heterocycles. The molecule has 1 amide bonds. The Kier molecular flexibility index (Phi) is 5.27. The largest absolute Gasteiger partial charge is 0.493 e. The topological polar surface area (TPSA) is 38.8 Å². The summed E-state index contributed by atoms with van der Waals surface area (Å²) in [7, 11) is 3.28. The summed E-state index contributed by atoms with van der Waals surface area (Å²) in [4.78, 5) is 15.1. The maximum absolute atomic E-state index is 13.1. The molecule has 1 aliphatic rings. The van der Waals surface area contributed by atoms with Crippen LogP contribution < -0.4 is 9.47 Å². The van der Waals surface area contributed by atoms with Crippen LogP contribution in [-0.2, 0) is 17.8 Å². The Balaban J connectivity index is 1.83. The molecule has 0 spiro atoms. The molecule has 4 nitrogen and oxygen atoms in total. The fraction of sp³-hybridized carbons (Fsp3) is 0.381. The second-order valence-corrected chi connectivity index (χ2v) is 6.36. The number of hydrogen-bond acceptors (Lipinski definition) is 3. The minimum Gasteiger partial charge on any atom is -0.493 e. The molecule has 0 radical (unpaired) electrons. The highest BCUT2D eigenvalue weighted by Crippen LogP contribution is 2.34. The molecule has 3 rings (SSSR count). The lowest BCUT2D eigenvalue weighted by molar-refractivity contribution is -0.133. The Bertz CT molecular complexity index is 742. The summed E-state index contributed by atoms with van der Waals surface area (Å²) in [6.45, 7) is 3.43. The number of rotatable bonds is 5. The first-order valence-corrected chi connectivity index (χ1v) is 8.75. The molecule has 1 heterocycles. The third-order valence-corrected chi connectivity index (χ3v) is 4.94. The van der Waals surface area contributed by atoms with Crippen molar-refractivity contribution in [3.63, 3.8) is 0 Å². The molecular weight excluding hydrogens is 314 g/mol. The first kappa shape index (κ1) is 17.3. The molecule has 25 heavy (non-hydrogen) atoms. The average Bonchev–Trinajstić information content (AvgIpc) is 2.67. The number of ether oxygens (including phenoxy) is 2. The first-order valence-electron chi connectivity index (χ1n) is 8.75. The van der Waals surface area contributed by atoms with Gasteiger partial charge in [-0.05, 0) is 41.7 Å². The van der Waals surface area contributed by atoms with E-state index >= 15 is 0 Å². The molecule has 0 N–H and O–H groups in total. The van der Waals surface area contributed by atoms with Gasteiger partial charge in [0.25, 0.3) is 0 Å². The Hall–Kier alpha value is -2.49. The van der Waals surface area contributed by atoms with Gasteiger partial charge in [0.05, 0.1) is 20.1 Å². The molecule has 0 fully saturated rings. The number of methoxy groups -OCH3 is 2. The molecule has 0 saturated carbocycles. The summed E-state index contributed by atoms with van der Waals surface area (Å²) in [6, 6.07) is 14.1. The predicted molar refractivity (Wildman–Crippen MR) is 98.1 cm³/mol. The van der Waals surface area contributed by atoms with Gasteiger partial charge in [-0.3, -0.25) is 4.79 Å². The third-order valence-electron chi connectivity index (χ3n) is 4.94. The monoisotopic (exact) mass is 339 g/mol. The van der Waals surface area contributed by atoms with Gasteiger partial charge in [0.2, 0.25) is 5.91 Å². The summed E-state index contributed by atoms with van der Waals surface area (Å²) in [5, 5.41) is 0. The quantitative estimate of drug-likeness (QED) is 0.832. The van der Waals surface area contributed by atoms with Gasteiger partial charge in [0, 0.05) is 13.1 Å². The normalized spacial score (nSPS) is 14.6. The molecule has 1 aliphatic heterocycles. The molecule has 0 bridgehead atoms. The van der Waals surface area contributed by atoms with Gasteiger partial charge >= 0.3 is 0 Å². The third kappa shape index (κ3) is 3.48. The Morgan fingerprint density at radius 3 is 2.32 bits per heavy atom. The van der Waals surface area contributed by atoms with Crippen LogP contribution >= 0.6 is 0 Å². The van der Waals surface area contributed by atoms with Crippen LogP contribution in [0.2, 0.25) is 0 Å². The molecule has 0 aliphatic carbocycles. The zero-order chi connectivity index (χ0) is 17.8. The summed E-state index contributed by atoms with van der Waals surface area (Å²) >= 11 is 0. The first-order chi connectivity index (χ1) is 12.2. The molecular formula is C21H25NO3. The minimum atomic E-state index is -0.0807. The SMILES string of the molecule is CC[C@H](C(=O)N1CCc2cc(OC)c(OC)cc2C1)c1ccccc1. The van der Waals surface area contributed by atoms with Crippen LogP contribution in [-0.4, -0.2) is 31.6 Å². The van der Waals surface area contributed by atoms with E-state index in [1.165, 1.54) is 5.56 Å². The summed E-state index contributed by atoms with van der Waals surface area (Å²) < 4.78 is 10.8. The smallest absolute Gasteiger partial charge is 0.230 e. The van der Waals surface area contributed by atoms with Crippen molar-refractivity contribution in [3.8, 4) is 11.5 Å². The molecule has 0 saturated heterocycles. The van der Waals surface area contributed by atoms with Crippen molar-refractivity contribution in [3.05, 3.63) is 59.2 Å². The lowest BCUT2D eigenvalue weighted by Gasteiger charge is -2.32. The van der Waals surface area contributed by atoms with Crippen molar-refractivity contribution in [2.24, 2.45) is 0 Å². The van der Waals surface area contributed by atoms with Gasteiger partial charge in [0.1, 0.15) is 0 Å². The maximum atomic E-state index is 13.1. The highest BCUT2D eigenvalue weighted by atomic mass is 16.5. The molecule has 1 atom stereocenters. The van der Waals surface area contributed by atoms with Crippen molar-refractivity contribution < 1.29 is 14.3 Å². The summed E-state index contributed by atoms with van der Waals surface area (Å²) in [5.74, 6) is 1.58. The standard InChI is InChI=1S/C21H25NO3/c1-4-18(15-8-6-5-7-9-15)21(23)22-11-10-16-12-19(24-2)20(25-3)13-17(16)14-22/h5-9,12-13,18H,4,10-11,14H2,1-3H3/t18-/m0/s1. The molecule has 0 unspecified atom stereocenters. The van der Waals surface area contributed by atoms with Crippen molar-refractivity contribution in [1.82, 2.24) is 4.90 Å². The summed E-state index contributed by atoms with van der Waals surface area (Å²) in [6.07, 6.45) is 1.64. The van der Waals surface area contributed by atoms with Gasteiger partial charge < -0.3 is 14.4 Å². The highest BCUT2D eigenvalue weighted by Gasteiger charge is 2.28. The van der Waals surface area contributed by atoms with Crippen LogP contribution in [0.4, 0.5) is 0 Å². The molecule has 2 aromatic carbocycles. The van der Waals surface area contributed by atoms with Crippen molar-refractivity contribution in [1.29, 1.82) is 0 Å². The Labute approximate surface area is 149 Å². The van der Waals surface area contributed by atoms with Crippen LogP contribution in [0.1, 0.15) is 36.0 Å². The highest BCUT2D eigenvalue weighted by molar-refractivity contribution is 5.84. The van der Waals surface area contributed by atoms with Crippen LogP contribution in [0.5, 0.6) is 11.5 Å². The second-order valence-electron chi connectivity index (χ2n) is 6.36. The number of hydrogen-bond donors (Lipinski definition) is 0. The van der Waals surface area contributed by atoms with Gasteiger partial charge in [-0.2, -0.15) is 0 Å². The molecule has 132 valence electrons. The maximum Gasteiger partial charge on any atom is 0.230 e. The number of carbonyl (C=O) groups excluding carboxylic acids is 1. The fourth-order valence-electron chi connectivity index (χ4n) is 3.53. The lowest BCUT2D eigenvalue weighted by atomic mass is 9.92. The van der Waals surface area contributed by atoms with E-state index in [4.69, 9.17) is 9.47 Å². The van der Waals surface area contributed by atoms with E-state index in [1.54, 1.807) is 14.2 Å². The van der Waals surface area contributed by atoms with Gasteiger partial charge in [-0.25, -0.2) is 0 Å². The van der Waals surface area contributed by atoms with E-state index < -0.39 is 0 Å². The van der Waals surface area contributed by atoms with E-state index in [9.17, 15) is 4.79 Å². The number of amides is 1. The Morgan fingerprint density at radius 2 is 1.72 bits per heavy atom. The number of fused-ring (bicyclic) bond motifs is 1. The van der Waals surface area contributed by atoms with E-state index in [2.05, 4.69) is 6.92 Å². The Morgan fingerprint density at radius 1 is 1.08 bits per heavy atom.